The molecule has 2 rings (SSSR count). The summed E-state index contributed by atoms with van der Waals surface area (Å²) in [4.78, 5) is 18.8. The predicted molar refractivity (Wildman–Crippen MR) is 103 cm³/mol. The molecule has 0 atom stereocenters. The highest BCUT2D eigenvalue weighted by Gasteiger charge is 2.10. The fourth-order valence-electron chi connectivity index (χ4n) is 2.55. The van der Waals surface area contributed by atoms with Gasteiger partial charge in [-0.25, -0.2) is 9.78 Å². The minimum atomic E-state index is -0.322. The number of anilines is 2. The van der Waals surface area contributed by atoms with Crippen LogP contribution in [0.25, 0.3) is 0 Å². The molecule has 2 aromatic rings. The minimum absolute atomic E-state index is 0.322. The predicted octanol–water partition coefficient (Wildman–Crippen LogP) is 3.27. The van der Waals surface area contributed by atoms with Crippen molar-refractivity contribution in [3.05, 3.63) is 42.1 Å². The number of hydrogen-bond donors (Lipinski definition) is 2. The number of hydrogen-bond acceptors (Lipinski definition) is 5. The van der Waals surface area contributed by atoms with Gasteiger partial charge >= 0.3 is 6.03 Å². The Morgan fingerprint density at radius 1 is 1.12 bits per heavy atom. The topological polar surface area (TPSA) is 75.7 Å². The largest absolute Gasteiger partial charge is 0.497 e. The van der Waals surface area contributed by atoms with Gasteiger partial charge in [-0.2, -0.15) is 0 Å². The number of methoxy groups -OCH3 is 2. The van der Waals surface area contributed by atoms with Crippen molar-refractivity contribution in [2.45, 2.75) is 20.4 Å². The SMILES string of the molecule is CCN(CC)c1cc(CNC(=O)Nc2cc(OC)ccc2OC)ccn1. The van der Waals surface area contributed by atoms with Crippen LogP contribution in [-0.4, -0.2) is 38.3 Å². The van der Waals surface area contributed by atoms with Gasteiger partial charge in [-0.1, -0.05) is 0 Å². The summed E-state index contributed by atoms with van der Waals surface area (Å²) >= 11 is 0. The number of rotatable bonds is 8. The van der Waals surface area contributed by atoms with Crippen molar-refractivity contribution in [3.63, 3.8) is 0 Å². The number of carbonyl (C=O) groups excluding carboxylic acids is 1. The van der Waals surface area contributed by atoms with Crippen LogP contribution in [0, 0.1) is 0 Å². The average molecular weight is 358 g/mol. The van der Waals surface area contributed by atoms with Crippen molar-refractivity contribution in [2.24, 2.45) is 0 Å². The third kappa shape index (κ3) is 5.02. The summed E-state index contributed by atoms with van der Waals surface area (Å²) in [6.07, 6.45) is 1.76. The highest BCUT2D eigenvalue weighted by atomic mass is 16.5. The van der Waals surface area contributed by atoms with E-state index in [0.29, 0.717) is 23.7 Å². The van der Waals surface area contributed by atoms with Crippen LogP contribution in [0.4, 0.5) is 16.3 Å². The van der Waals surface area contributed by atoms with Crippen molar-refractivity contribution in [3.8, 4) is 11.5 Å². The summed E-state index contributed by atoms with van der Waals surface area (Å²) in [6, 6.07) is 8.78. The van der Waals surface area contributed by atoms with Gasteiger partial charge in [-0.15, -0.1) is 0 Å². The van der Waals surface area contributed by atoms with Crippen molar-refractivity contribution >= 4 is 17.5 Å². The Morgan fingerprint density at radius 3 is 2.54 bits per heavy atom. The van der Waals surface area contributed by atoms with E-state index in [1.165, 1.54) is 0 Å². The van der Waals surface area contributed by atoms with E-state index in [1.807, 2.05) is 12.1 Å². The maximum Gasteiger partial charge on any atom is 0.319 e. The number of nitrogens with one attached hydrogen (secondary N) is 2. The van der Waals surface area contributed by atoms with E-state index in [9.17, 15) is 4.79 Å². The normalized spacial score (nSPS) is 10.2. The Balaban J connectivity index is 2.00. The first-order chi connectivity index (χ1) is 12.6. The molecule has 1 aromatic heterocycles. The summed E-state index contributed by atoms with van der Waals surface area (Å²) in [5.74, 6) is 2.11. The van der Waals surface area contributed by atoms with Crippen LogP contribution in [-0.2, 0) is 6.54 Å². The standard InChI is InChI=1S/C19H26N4O3/c1-5-23(6-2)18-11-14(9-10-20-18)13-21-19(24)22-16-12-15(25-3)7-8-17(16)26-4/h7-12H,5-6,13H2,1-4H3,(H2,21,22,24). The van der Waals surface area contributed by atoms with E-state index in [0.717, 1.165) is 24.5 Å². The Kier molecular flexibility index (Phi) is 7.08. The molecule has 2 amide bonds. The highest BCUT2D eigenvalue weighted by Crippen LogP contribution is 2.28. The van der Waals surface area contributed by atoms with Gasteiger partial charge in [0.25, 0.3) is 0 Å². The van der Waals surface area contributed by atoms with Gasteiger partial charge in [-0.3, -0.25) is 0 Å². The van der Waals surface area contributed by atoms with Gasteiger partial charge in [0.2, 0.25) is 0 Å². The lowest BCUT2D eigenvalue weighted by Crippen LogP contribution is -2.28. The van der Waals surface area contributed by atoms with Crippen LogP contribution in [0.15, 0.2) is 36.5 Å². The number of benzene rings is 1. The van der Waals surface area contributed by atoms with E-state index in [4.69, 9.17) is 9.47 Å². The first-order valence-corrected chi connectivity index (χ1v) is 8.58. The molecular formula is C19H26N4O3. The lowest BCUT2D eigenvalue weighted by atomic mass is 10.2. The van der Waals surface area contributed by atoms with E-state index in [1.54, 1.807) is 38.6 Å². The molecule has 0 aliphatic carbocycles. The molecule has 7 nitrogen and oxygen atoms in total. The van der Waals surface area contributed by atoms with Gasteiger partial charge in [0, 0.05) is 31.9 Å². The van der Waals surface area contributed by atoms with Crippen molar-refractivity contribution < 1.29 is 14.3 Å². The second-order valence-electron chi connectivity index (χ2n) is 5.57. The van der Waals surface area contributed by atoms with E-state index < -0.39 is 0 Å². The summed E-state index contributed by atoms with van der Waals surface area (Å²) in [5.41, 5.74) is 1.53. The number of carbonyl (C=O) groups is 1. The molecule has 0 saturated heterocycles. The lowest BCUT2D eigenvalue weighted by molar-refractivity contribution is 0.251. The molecule has 0 spiro atoms. The van der Waals surface area contributed by atoms with Gasteiger partial charge in [0.15, 0.2) is 0 Å². The Bertz CT molecular complexity index is 732. The molecule has 0 aliphatic heterocycles. The van der Waals surface area contributed by atoms with Crippen LogP contribution in [0.2, 0.25) is 0 Å². The van der Waals surface area contributed by atoms with Crippen molar-refractivity contribution in [2.75, 3.05) is 37.5 Å². The smallest absolute Gasteiger partial charge is 0.319 e. The number of urea groups is 1. The van der Waals surface area contributed by atoms with Crippen LogP contribution >= 0.6 is 0 Å². The van der Waals surface area contributed by atoms with Crippen LogP contribution in [0.3, 0.4) is 0 Å². The van der Waals surface area contributed by atoms with Gasteiger partial charge in [0.05, 0.1) is 19.9 Å². The molecule has 1 heterocycles. The van der Waals surface area contributed by atoms with Crippen LogP contribution in [0.1, 0.15) is 19.4 Å². The van der Waals surface area contributed by atoms with Crippen molar-refractivity contribution in [1.29, 1.82) is 0 Å². The number of aromatic nitrogens is 1. The zero-order valence-corrected chi connectivity index (χ0v) is 15.7. The van der Waals surface area contributed by atoms with Gasteiger partial charge < -0.3 is 25.0 Å². The van der Waals surface area contributed by atoms with Crippen LogP contribution < -0.4 is 25.0 Å². The molecule has 140 valence electrons. The Hall–Kier alpha value is -2.96. The molecule has 0 radical (unpaired) electrons. The van der Waals surface area contributed by atoms with Gasteiger partial charge in [-0.05, 0) is 43.7 Å². The minimum Gasteiger partial charge on any atom is -0.497 e. The zero-order valence-electron chi connectivity index (χ0n) is 15.7. The zero-order chi connectivity index (χ0) is 18.9. The monoisotopic (exact) mass is 358 g/mol. The average Bonchev–Trinajstić information content (AvgIpc) is 2.67. The molecule has 2 N–H and O–H groups in total. The fraction of sp³-hybridized carbons (Fsp3) is 0.368. The molecule has 0 aliphatic rings. The maximum atomic E-state index is 12.2. The van der Waals surface area contributed by atoms with Gasteiger partial charge in [0.1, 0.15) is 17.3 Å². The first kappa shape index (κ1) is 19.4. The highest BCUT2D eigenvalue weighted by molar-refractivity contribution is 5.91. The first-order valence-electron chi connectivity index (χ1n) is 8.58. The molecule has 0 saturated carbocycles. The quantitative estimate of drug-likeness (QED) is 0.757. The molecule has 1 aromatic carbocycles. The van der Waals surface area contributed by atoms with Crippen molar-refractivity contribution in [1.82, 2.24) is 10.3 Å². The Morgan fingerprint density at radius 2 is 1.88 bits per heavy atom. The molecule has 0 fully saturated rings. The van der Waals surface area contributed by atoms with E-state index in [-0.39, 0.29) is 6.03 Å². The van der Waals surface area contributed by atoms with E-state index in [2.05, 4.69) is 34.4 Å². The summed E-state index contributed by atoms with van der Waals surface area (Å²) in [7, 11) is 3.12. The summed E-state index contributed by atoms with van der Waals surface area (Å²) in [5, 5.41) is 5.63. The molecule has 7 heteroatoms. The second-order valence-corrected chi connectivity index (χ2v) is 5.57. The fourth-order valence-corrected chi connectivity index (χ4v) is 2.55. The number of pyridine rings is 1. The third-order valence-corrected chi connectivity index (χ3v) is 4.01. The number of nitrogens with zero attached hydrogens (tertiary/aromatic N) is 2. The molecule has 0 unspecified atom stereocenters. The van der Waals surface area contributed by atoms with E-state index >= 15 is 0 Å². The Labute approximate surface area is 154 Å². The summed E-state index contributed by atoms with van der Waals surface area (Å²) < 4.78 is 10.4. The maximum absolute atomic E-state index is 12.2. The number of amides is 2. The second kappa shape index (κ2) is 9.50. The molecule has 26 heavy (non-hydrogen) atoms. The molecular weight excluding hydrogens is 332 g/mol. The van der Waals surface area contributed by atoms with Crippen LogP contribution in [0.5, 0.6) is 11.5 Å². The number of ether oxygens (including phenoxy) is 2. The third-order valence-electron chi connectivity index (χ3n) is 4.01. The lowest BCUT2D eigenvalue weighted by Gasteiger charge is -2.20. The summed E-state index contributed by atoms with van der Waals surface area (Å²) in [6.45, 7) is 6.35. The molecule has 0 bridgehead atoms.